The summed E-state index contributed by atoms with van der Waals surface area (Å²) in [5.74, 6) is 0.806. The lowest BCUT2D eigenvalue weighted by atomic mass is 9.87. The number of carbonyl (C=O) groups excluding carboxylic acids is 2. The van der Waals surface area contributed by atoms with Gasteiger partial charge in [-0.15, -0.1) is 11.3 Å². The van der Waals surface area contributed by atoms with Gasteiger partial charge in [-0.2, -0.15) is 0 Å². The number of piperidine rings is 1. The Balaban J connectivity index is 1.25. The fourth-order valence-corrected chi connectivity index (χ4v) is 6.35. The van der Waals surface area contributed by atoms with Crippen LogP contribution in [0.4, 0.5) is 5.69 Å². The fraction of sp³-hybridized carbons (Fsp3) is 0.444. The van der Waals surface area contributed by atoms with Crippen LogP contribution in [0.1, 0.15) is 71.8 Å². The van der Waals surface area contributed by atoms with Gasteiger partial charge in [0.1, 0.15) is 0 Å². The highest BCUT2D eigenvalue weighted by Gasteiger charge is 2.28. The Morgan fingerprint density at radius 3 is 2.40 bits per heavy atom. The molecule has 8 heteroatoms. The number of nitrogens with one attached hydrogen (secondary N) is 1. The monoisotopic (exact) mass is 510 g/mol. The van der Waals surface area contributed by atoms with Crippen LogP contribution < -0.4 is 4.90 Å². The van der Waals surface area contributed by atoms with E-state index in [1.165, 1.54) is 23.3 Å². The highest BCUT2D eigenvalue weighted by atomic mass is 35.5. The maximum absolute atomic E-state index is 13.5. The molecule has 35 heavy (non-hydrogen) atoms. The van der Waals surface area contributed by atoms with Crippen LogP contribution in [0.5, 0.6) is 0 Å². The molecule has 5 rings (SSSR count). The third-order valence-electron chi connectivity index (χ3n) is 7.35. The van der Waals surface area contributed by atoms with Crippen LogP contribution in [0, 0.1) is 5.92 Å². The van der Waals surface area contributed by atoms with Crippen LogP contribution in [0.2, 0.25) is 4.34 Å². The molecular formula is C27H31ClN4O2S. The van der Waals surface area contributed by atoms with Gasteiger partial charge in [0.15, 0.2) is 0 Å². The molecule has 0 bridgehead atoms. The van der Waals surface area contributed by atoms with Gasteiger partial charge in [-0.3, -0.25) is 9.59 Å². The summed E-state index contributed by atoms with van der Waals surface area (Å²) in [6.45, 7) is 1.99. The van der Waals surface area contributed by atoms with Crippen LogP contribution in [0.25, 0.3) is 0 Å². The van der Waals surface area contributed by atoms with Crippen LogP contribution >= 0.6 is 22.9 Å². The first-order chi connectivity index (χ1) is 17.1. The van der Waals surface area contributed by atoms with E-state index in [4.69, 9.17) is 11.6 Å². The summed E-state index contributed by atoms with van der Waals surface area (Å²) in [5.41, 5.74) is 3.13. The van der Waals surface area contributed by atoms with E-state index in [2.05, 4.69) is 34.2 Å². The van der Waals surface area contributed by atoms with E-state index in [1.54, 1.807) is 18.6 Å². The minimum atomic E-state index is 0.0753. The van der Waals surface area contributed by atoms with Crippen molar-refractivity contribution in [2.24, 2.45) is 5.92 Å². The minimum absolute atomic E-state index is 0.0753. The highest BCUT2D eigenvalue weighted by molar-refractivity contribution is 7.17. The number of rotatable bonds is 6. The number of aromatic nitrogens is 2. The van der Waals surface area contributed by atoms with Gasteiger partial charge in [0.2, 0.25) is 5.91 Å². The maximum Gasteiger partial charge on any atom is 0.263 e. The molecule has 1 aromatic carbocycles. The lowest BCUT2D eigenvalue weighted by molar-refractivity contribution is -0.123. The minimum Gasteiger partial charge on any atom is -0.347 e. The van der Waals surface area contributed by atoms with E-state index >= 15 is 0 Å². The molecule has 184 valence electrons. The van der Waals surface area contributed by atoms with E-state index in [0.29, 0.717) is 21.7 Å². The van der Waals surface area contributed by atoms with Gasteiger partial charge < -0.3 is 14.8 Å². The van der Waals surface area contributed by atoms with Crippen molar-refractivity contribution in [3.8, 4) is 0 Å². The second-order valence-corrected chi connectivity index (χ2v) is 11.3. The number of hydrogen-bond donors (Lipinski definition) is 1. The average molecular weight is 511 g/mol. The smallest absolute Gasteiger partial charge is 0.263 e. The molecule has 1 N–H and O–H groups in total. The summed E-state index contributed by atoms with van der Waals surface area (Å²) in [6.07, 6.45) is 10.8. The first-order valence-electron chi connectivity index (χ1n) is 12.5. The standard InChI is InChI=1S/C27H31ClN4O2S/c28-25-11-10-24(35-25)27(34)31-14-12-20(13-15-31)19-6-8-23(9-7-19)32(17-22-16-29-18-30-22)26(33)21-4-2-1-3-5-21/h6-11,16,18,20-21H,1-5,12-15,17H2,(H,29,30). The van der Waals surface area contributed by atoms with Crippen molar-refractivity contribution in [1.29, 1.82) is 0 Å². The van der Waals surface area contributed by atoms with Crippen LogP contribution in [0.15, 0.2) is 48.9 Å². The molecule has 0 spiro atoms. The largest absolute Gasteiger partial charge is 0.347 e. The number of anilines is 1. The van der Waals surface area contributed by atoms with Crippen molar-refractivity contribution < 1.29 is 9.59 Å². The van der Waals surface area contributed by atoms with Gasteiger partial charge in [0, 0.05) is 30.9 Å². The number of H-pyrrole nitrogens is 1. The molecule has 0 unspecified atom stereocenters. The Morgan fingerprint density at radius 2 is 1.77 bits per heavy atom. The quantitative estimate of drug-likeness (QED) is 0.425. The predicted molar refractivity (Wildman–Crippen MR) is 140 cm³/mol. The lowest BCUT2D eigenvalue weighted by Gasteiger charge is -2.32. The summed E-state index contributed by atoms with van der Waals surface area (Å²) >= 11 is 7.34. The van der Waals surface area contributed by atoms with Gasteiger partial charge in [-0.25, -0.2) is 4.98 Å². The molecule has 2 aromatic heterocycles. The van der Waals surface area contributed by atoms with Gasteiger partial charge in [0.25, 0.3) is 5.91 Å². The van der Waals surface area contributed by atoms with E-state index in [0.717, 1.165) is 63.0 Å². The maximum atomic E-state index is 13.5. The lowest BCUT2D eigenvalue weighted by Crippen LogP contribution is -2.37. The van der Waals surface area contributed by atoms with Crippen molar-refractivity contribution in [1.82, 2.24) is 14.9 Å². The van der Waals surface area contributed by atoms with Crippen LogP contribution in [-0.4, -0.2) is 39.8 Å². The van der Waals surface area contributed by atoms with Crippen LogP contribution in [0.3, 0.4) is 0 Å². The number of halogens is 1. The second kappa shape index (κ2) is 11.0. The molecule has 1 saturated heterocycles. The number of amides is 2. The number of hydrogen-bond acceptors (Lipinski definition) is 4. The van der Waals surface area contributed by atoms with E-state index in [9.17, 15) is 9.59 Å². The second-order valence-electron chi connectivity index (χ2n) is 9.60. The summed E-state index contributed by atoms with van der Waals surface area (Å²) < 4.78 is 0.645. The number of thiophene rings is 1. The third-order valence-corrected chi connectivity index (χ3v) is 8.57. The summed E-state index contributed by atoms with van der Waals surface area (Å²) in [5, 5.41) is 0. The van der Waals surface area contributed by atoms with Crippen molar-refractivity contribution in [3.05, 3.63) is 69.4 Å². The number of imidazole rings is 1. The van der Waals surface area contributed by atoms with Crippen molar-refractivity contribution >= 4 is 40.4 Å². The topological polar surface area (TPSA) is 69.3 Å². The molecule has 3 aromatic rings. The zero-order chi connectivity index (χ0) is 24.2. The predicted octanol–water partition coefficient (Wildman–Crippen LogP) is 6.26. The molecule has 3 heterocycles. The SMILES string of the molecule is O=C(c1ccc(Cl)s1)N1CCC(c2ccc(N(Cc3cnc[nH]3)C(=O)C3CCCCC3)cc2)CC1. The summed E-state index contributed by atoms with van der Waals surface area (Å²) in [4.78, 5) is 38.0. The third kappa shape index (κ3) is 5.62. The van der Waals surface area contributed by atoms with Gasteiger partial charge in [-0.05, 0) is 61.4 Å². The number of aromatic amines is 1. The Kier molecular flexibility index (Phi) is 7.54. The number of nitrogens with zero attached hydrogens (tertiary/aromatic N) is 3. The van der Waals surface area contributed by atoms with Crippen molar-refractivity contribution in [2.75, 3.05) is 18.0 Å². The first kappa shape index (κ1) is 24.1. The highest BCUT2D eigenvalue weighted by Crippen LogP contribution is 2.33. The number of benzene rings is 1. The molecule has 1 saturated carbocycles. The summed E-state index contributed by atoms with van der Waals surface area (Å²) in [6, 6.07) is 12.1. The fourth-order valence-electron chi connectivity index (χ4n) is 5.34. The molecule has 0 radical (unpaired) electrons. The Morgan fingerprint density at radius 1 is 1.03 bits per heavy atom. The van der Waals surface area contributed by atoms with Gasteiger partial charge in [-0.1, -0.05) is 43.0 Å². The van der Waals surface area contributed by atoms with E-state index in [-0.39, 0.29) is 17.7 Å². The molecule has 2 fully saturated rings. The molecule has 2 amide bonds. The number of likely N-dealkylation sites (tertiary alicyclic amines) is 1. The van der Waals surface area contributed by atoms with Crippen molar-refractivity contribution in [2.45, 2.75) is 57.4 Å². The Bertz CT molecular complexity index is 1130. The normalized spacial score (nSPS) is 17.5. The van der Waals surface area contributed by atoms with Crippen molar-refractivity contribution in [3.63, 3.8) is 0 Å². The summed E-state index contributed by atoms with van der Waals surface area (Å²) in [7, 11) is 0. The van der Waals surface area contributed by atoms with Crippen LogP contribution in [-0.2, 0) is 11.3 Å². The zero-order valence-corrected chi connectivity index (χ0v) is 21.4. The average Bonchev–Trinajstić information content (AvgIpc) is 3.59. The molecule has 6 nitrogen and oxygen atoms in total. The van der Waals surface area contributed by atoms with Gasteiger partial charge in [0.05, 0.1) is 27.8 Å². The first-order valence-corrected chi connectivity index (χ1v) is 13.7. The Labute approximate surface area is 215 Å². The Hall–Kier alpha value is -2.64. The molecular weight excluding hydrogens is 480 g/mol. The molecule has 2 aliphatic rings. The molecule has 1 aliphatic heterocycles. The van der Waals surface area contributed by atoms with E-state index < -0.39 is 0 Å². The van der Waals surface area contributed by atoms with E-state index in [1.807, 2.05) is 15.9 Å². The molecule has 0 atom stereocenters. The number of carbonyl (C=O) groups is 2. The molecule has 1 aliphatic carbocycles. The zero-order valence-electron chi connectivity index (χ0n) is 19.8. The van der Waals surface area contributed by atoms with Gasteiger partial charge >= 0.3 is 0 Å².